The van der Waals surface area contributed by atoms with E-state index in [1.54, 1.807) is 7.11 Å². The van der Waals surface area contributed by atoms with Crippen LogP contribution in [0.2, 0.25) is 39.3 Å². The molecule has 0 aliphatic carbocycles. The molecule has 0 saturated carbocycles. The van der Waals surface area contributed by atoms with E-state index in [4.69, 9.17) is 46.7 Å². The third-order valence-corrected chi connectivity index (χ3v) is 10.2. The highest BCUT2D eigenvalue weighted by atomic mass is 28.4. The van der Waals surface area contributed by atoms with Gasteiger partial charge in [-0.2, -0.15) is 0 Å². The molecule has 4 aliphatic heterocycles. The summed E-state index contributed by atoms with van der Waals surface area (Å²) in [7, 11) is -0.685. The van der Waals surface area contributed by atoms with Crippen LogP contribution in [-0.4, -0.2) is 116 Å². The predicted molar refractivity (Wildman–Crippen MR) is 180 cm³/mol. The molecule has 2 aromatic rings. The summed E-state index contributed by atoms with van der Waals surface area (Å²) in [6.07, 6.45) is -6.84. The van der Waals surface area contributed by atoms with Gasteiger partial charge in [-0.15, -0.1) is 0 Å². The second kappa shape index (κ2) is 16.2. The van der Waals surface area contributed by atoms with E-state index in [9.17, 15) is 10.2 Å². The molecule has 2 aromatic carbocycles. The molecule has 0 spiro atoms. The minimum Gasteiger partial charge on any atom is -0.409 e. The third kappa shape index (κ3) is 9.38. The van der Waals surface area contributed by atoms with Crippen LogP contribution in [0.25, 0.3) is 0 Å². The van der Waals surface area contributed by atoms with Crippen molar-refractivity contribution >= 4 is 16.6 Å². The van der Waals surface area contributed by atoms with Gasteiger partial charge in [0.05, 0.1) is 13.2 Å². The Balaban J connectivity index is 0.000000198. The molecule has 4 fully saturated rings. The van der Waals surface area contributed by atoms with Crippen LogP contribution in [0.3, 0.4) is 0 Å². The SMILES string of the molecule is CO[C@H]1O[C@@H]2COC(c3ccccc3)O[C@H]2[C@H](O)[C@H]1O.CO[C@H]1O[C@@H]2COC(c3ccccc3)O[C@H]2[C@H](O[Si](C)(C)C)[C@H]1O[Si](C)(C)C. The van der Waals surface area contributed by atoms with Gasteiger partial charge in [-0.05, 0) is 39.3 Å². The second-order valence-corrected chi connectivity index (χ2v) is 23.2. The molecule has 0 amide bonds. The molecule has 14 heteroatoms. The lowest BCUT2D eigenvalue weighted by molar-refractivity contribution is -0.358. The highest BCUT2D eigenvalue weighted by Crippen LogP contribution is 2.38. The standard InChI is InChI=1S/C20H34O6Si2.C14H18O6/c1-21-20-18(26-28(5,6)7)17(25-27(2,3)4)16-15(23-20)13-22-19(24-16)14-11-9-8-10-12-14;1-17-14-11(16)10(15)12-9(19-14)7-18-13(20-12)8-5-3-2-4-6-8/h8-12,15-20H,13H2,1-7H3;2-6,9-16H,7H2,1H3/t15-,16-,17+,18-,19?,20+;9-,10-,11-,12-,13?,14+/m11/s1. The van der Waals surface area contributed by atoms with Gasteiger partial charge < -0.3 is 57.0 Å². The van der Waals surface area contributed by atoms with Crippen molar-refractivity contribution in [1.82, 2.24) is 0 Å². The van der Waals surface area contributed by atoms with Gasteiger partial charge >= 0.3 is 0 Å². The largest absolute Gasteiger partial charge is 0.409 e. The molecule has 4 aliphatic rings. The van der Waals surface area contributed by atoms with Crippen molar-refractivity contribution in [3.63, 3.8) is 0 Å². The van der Waals surface area contributed by atoms with Crippen molar-refractivity contribution in [2.45, 2.75) is 113 Å². The van der Waals surface area contributed by atoms with Crippen LogP contribution in [0.4, 0.5) is 0 Å². The fraction of sp³-hybridized carbons (Fsp3) is 0.647. The zero-order valence-electron chi connectivity index (χ0n) is 29.1. The fourth-order valence-corrected chi connectivity index (χ4v) is 8.29. The Kier molecular flexibility index (Phi) is 12.7. The van der Waals surface area contributed by atoms with Crippen LogP contribution in [0.15, 0.2) is 60.7 Å². The first-order chi connectivity index (χ1) is 22.8. The normalized spacial score (nSPS) is 37.0. The van der Waals surface area contributed by atoms with Crippen molar-refractivity contribution in [3.8, 4) is 0 Å². The van der Waals surface area contributed by atoms with Crippen LogP contribution in [0, 0.1) is 0 Å². The lowest BCUT2D eigenvalue weighted by atomic mass is 9.98. The van der Waals surface area contributed by atoms with Crippen molar-refractivity contribution in [2.75, 3.05) is 27.4 Å². The minimum atomic E-state index is -1.88. The summed E-state index contributed by atoms with van der Waals surface area (Å²) in [5.74, 6) is 0. The monoisotopic (exact) mass is 708 g/mol. The molecule has 12 nitrogen and oxygen atoms in total. The van der Waals surface area contributed by atoms with Crippen LogP contribution in [0.1, 0.15) is 23.7 Å². The molecule has 6 rings (SSSR count). The van der Waals surface area contributed by atoms with Crippen molar-refractivity contribution < 1.29 is 57.0 Å². The van der Waals surface area contributed by atoms with Gasteiger partial charge in [-0.1, -0.05) is 60.7 Å². The Morgan fingerprint density at radius 1 is 0.562 bits per heavy atom. The van der Waals surface area contributed by atoms with Gasteiger partial charge in [0.2, 0.25) is 0 Å². The Morgan fingerprint density at radius 3 is 1.48 bits per heavy atom. The Hall–Kier alpha value is -1.61. The van der Waals surface area contributed by atoms with Crippen molar-refractivity contribution in [1.29, 1.82) is 0 Å². The summed E-state index contributed by atoms with van der Waals surface area (Å²) in [4.78, 5) is 0. The molecule has 2 N–H and O–H groups in total. The third-order valence-electron chi connectivity index (χ3n) is 8.20. The van der Waals surface area contributed by atoms with E-state index >= 15 is 0 Å². The Morgan fingerprint density at radius 2 is 1.00 bits per heavy atom. The van der Waals surface area contributed by atoms with Gasteiger partial charge in [0.15, 0.2) is 41.8 Å². The molecular formula is C34H52O12Si2. The van der Waals surface area contributed by atoms with Gasteiger partial charge in [0.25, 0.3) is 0 Å². The maximum atomic E-state index is 10.1. The summed E-state index contributed by atoms with van der Waals surface area (Å²) in [6.45, 7) is 13.7. The van der Waals surface area contributed by atoms with Crippen LogP contribution < -0.4 is 0 Å². The molecule has 4 heterocycles. The quantitative estimate of drug-likeness (QED) is 0.383. The molecular weight excluding hydrogens is 657 g/mol. The summed E-state index contributed by atoms with van der Waals surface area (Å²) < 4.78 is 59.2. The lowest BCUT2D eigenvalue weighted by Crippen LogP contribution is -2.66. The maximum Gasteiger partial charge on any atom is 0.186 e. The highest BCUT2D eigenvalue weighted by Gasteiger charge is 2.53. The number of aliphatic hydroxyl groups excluding tert-OH is 2. The molecule has 0 radical (unpaired) electrons. The van der Waals surface area contributed by atoms with E-state index in [0.29, 0.717) is 6.61 Å². The molecule has 48 heavy (non-hydrogen) atoms. The number of benzene rings is 2. The van der Waals surface area contributed by atoms with Gasteiger partial charge in [-0.25, -0.2) is 0 Å². The van der Waals surface area contributed by atoms with Crippen molar-refractivity contribution in [3.05, 3.63) is 71.8 Å². The van der Waals surface area contributed by atoms with E-state index in [-0.39, 0.29) is 31.0 Å². The number of fused-ring (bicyclic) bond motifs is 2. The molecule has 4 saturated heterocycles. The number of ether oxygens (including phenoxy) is 8. The van der Waals surface area contributed by atoms with E-state index < -0.39 is 66.2 Å². The second-order valence-electron chi connectivity index (χ2n) is 14.3. The van der Waals surface area contributed by atoms with Crippen LogP contribution >= 0.6 is 0 Å². The average molecular weight is 709 g/mol. The van der Waals surface area contributed by atoms with Gasteiger partial charge in [-0.3, -0.25) is 0 Å². The van der Waals surface area contributed by atoms with Crippen LogP contribution in [-0.2, 0) is 46.7 Å². The predicted octanol–water partition coefficient (Wildman–Crippen LogP) is 4.11. The van der Waals surface area contributed by atoms with E-state index in [1.165, 1.54) is 7.11 Å². The summed E-state index contributed by atoms with van der Waals surface area (Å²) in [5.41, 5.74) is 1.85. The number of aliphatic hydroxyl groups is 2. The van der Waals surface area contributed by atoms with Crippen LogP contribution in [0.5, 0.6) is 0 Å². The molecule has 0 bridgehead atoms. The lowest BCUT2D eigenvalue weighted by Gasteiger charge is -2.51. The Bertz CT molecular complexity index is 1260. The van der Waals surface area contributed by atoms with Crippen molar-refractivity contribution in [2.24, 2.45) is 0 Å². The number of methoxy groups -OCH3 is 2. The van der Waals surface area contributed by atoms with Gasteiger partial charge in [0, 0.05) is 25.3 Å². The first-order valence-corrected chi connectivity index (χ1v) is 23.3. The van der Waals surface area contributed by atoms with E-state index in [2.05, 4.69) is 39.3 Å². The molecule has 12 atom stereocenters. The number of hydrogen-bond acceptors (Lipinski definition) is 12. The first-order valence-electron chi connectivity index (χ1n) is 16.5. The molecule has 0 aromatic heterocycles. The zero-order valence-corrected chi connectivity index (χ0v) is 31.1. The summed E-state index contributed by atoms with van der Waals surface area (Å²) in [5, 5.41) is 20.1. The smallest absolute Gasteiger partial charge is 0.186 e. The van der Waals surface area contributed by atoms with E-state index in [1.807, 2.05) is 60.7 Å². The topological polar surface area (TPSA) is 133 Å². The first kappa shape index (κ1) is 37.6. The highest BCUT2D eigenvalue weighted by molar-refractivity contribution is 6.70. The Labute approximate surface area is 285 Å². The van der Waals surface area contributed by atoms with Gasteiger partial charge in [0.1, 0.15) is 48.8 Å². The summed E-state index contributed by atoms with van der Waals surface area (Å²) in [6, 6.07) is 19.4. The number of hydrogen-bond donors (Lipinski definition) is 2. The maximum absolute atomic E-state index is 10.1. The summed E-state index contributed by atoms with van der Waals surface area (Å²) >= 11 is 0. The molecule has 268 valence electrons. The zero-order chi connectivity index (χ0) is 34.6. The average Bonchev–Trinajstić information content (AvgIpc) is 3.07. The fourth-order valence-electron chi connectivity index (χ4n) is 6.14. The molecule has 2 unspecified atom stereocenters. The van der Waals surface area contributed by atoms with E-state index in [0.717, 1.165) is 11.1 Å². The minimum absolute atomic E-state index is 0.257. The number of rotatable bonds is 8.